The van der Waals surface area contributed by atoms with Crippen molar-refractivity contribution in [3.8, 4) is 0 Å². The van der Waals surface area contributed by atoms with Crippen LogP contribution in [0, 0.1) is 10.1 Å². The molecule has 0 bridgehead atoms. The number of carbonyl (C=O) groups is 1. The second-order valence-corrected chi connectivity index (χ2v) is 6.25. The van der Waals surface area contributed by atoms with E-state index in [1.165, 1.54) is 40.9 Å². The van der Waals surface area contributed by atoms with Crippen molar-refractivity contribution in [3.05, 3.63) is 69.4 Å². The molecule has 6 nitrogen and oxygen atoms in total. The molecule has 0 saturated carbocycles. The van der Waals surface area contributed by atoms with E-state index in [1.54, 1.807) is 30.6 Å². The standard InChI is InChI=1S/C15H9N3O3S2/c19-14-13(9-10-5-7-16-8-6-10)23-15(22)17(14)11-1-3-12(4-2-11)18(20)21/h1-9H/b13-9+. The van der Waals surface area contributed by atoms with Crippen LogP contribution >= 0.6 is 24.0 Å². The van der Waals surface area contributed by atoms with Crippen molar-refractivity contribution >= 4 is 51.7 Å². The van der Waals surface area contributed by atoms with Gasteiger partial charge in [0.2, 0.25) is 0 Å². The van der Waals surface area contributed by atoms with Crippen LogP contribution in [0.3, 0.4) is 0 Å². The Kier molecular flexibility index (Phi) is 4.18. The lowest BCUT2D eigenvalue weighted by molar-refractivity contribution is -0.384. The lowest BCUT2D eigenvalue weighted by Gasteiger charge is -2.13. The lowest BCUT2D eigenvalue weighted by atomic mass is 10.2. The second kappa shape index (κ2) is 6.27. The zero-order valence-corrected chi connectivity index (χ0v) is 13.2. The number of nitro benzene ring substituents is 1. The van der Waals surface area contributed by atoms with Gasteiger partial charge in [0.1, 0.15) is 0 Å². The van der Waals surface area contributed by atoms with Gasteiger partial charge in [-0.3, -0.25) is 24.8 Å². The van der Waals surface area contributed by atoms with Crippen molar-refractivity contribution in [1.82, 2.24) is 4.98 Å². The minimum absolute atomic E-state index is 0.0356. The van der Waals surface area contributed by atoms with Gasteiger partial charge < -0.3 is 0 Å². The van der Waals surface area contributed by atoms with Crippen molar-refractivity contribution in [2.45, 2.75) is 0 Å². The SMILES string of the molecule is O=C1/C(=C\c2ccncc2)SC(=S)N1c1ccc([N+](=O)[O-])cc1. The normalized spacial score (nSPS) is 16.2. The molecular formula is C15H9N3O3S2. The van der Waals surface area contributed by atoms with Gasteiger partial charge in [0.05, 0.1) is 15.5 Å². The van der Waals surface area contributed by atoms with E-state index in [1.807, 2.05) is 0 Å². The molecule has 2 heterocycles. The van der Waals surface area contributed by atoms with Gasteiger partial charge in [-0.05, 0) is 35.9 Å². The molecule has 1 aromatic heterocycles. The smallest absolute Gasteiger partial charge is 0.268 e. The molecule has 0 atom stereocenters. The summed E-state index contributed by atoms with van der Waals surface area (Å²) in [6.45, 7) is 0. The number of benzene rings is 1. The predicted octanol–water partition coefficient (Wildman–Crippen LogP) is 3.40. The van der Waals surface area contributed by atoms with Crippen LogP contribution in [0.2, 0.25) is 0 Å². The number of anilines is 1. The minimum atomic E-state index is -0.489. The van der Waals surface area contributed by atoms with E-state index in [-0.39, 0.29) is 11.6 Å². The quantitative estimate of drug-likeness (QED) is 0.368. The first kappa shape index (κ1) is 15.3. The number of amides is 1. The summed E-state index contributed by atoms with van der Waals surface area (Å²) in [7, 11) is 0. The van der Waals surface area contributed by atoms with E-state index < -0.39 is 4.92 Å². The third-order valence-electron chi connectivity index (χ3n) is 3.12. The Bertz CT molecular complexity index is 820. The zero-order valence-electron chi connectivity index (χ0n) is 11.6. The molecule has 8 heteroatoms. The molecule has 1 amide bonds. The van der Waals surface area contributed by atoms with Crippen molar-refractivity contribution in [2.75, 3.05) is 4.90 Å². The average Bonchev–Trinajstić information content (AvgIpc) is 2.82. The van der Waals surface area contributed by atoms with Crippen LogP contribution in [0.5, 0.6) is 0 Å². The average molecular weight is 343 g/mol. The number of non-ortho nitro benzene ring substituents is 1. The van der Waals surface area contributed by atoms with Crippen molar-refractivity contribution < 1.29 is 9.72 Å². The summed E-state index contributed by atoms with van der Waals surface area (Å²) >= 11 is 6.45. The largest absolute Gasteiger partial charge is 0.270 e. The van der Waals surface area contributed by atoms with Crippen molar-refractivity contribution in [3.63, 3.8) is 0 Å². The highest BCUT2D eigenvalue weighted by Gasteiger charge is 2.33. The summed E-state index contributed by atoms with van der Waals surface area (Å²) in [5.41, 5.74) is 1.33. The molecule has 0 radical (unpaired) electrons. The number of nitrogens with zero attached hydrogens (tertiary/aromatic N) is 3. The second-order valence-electron chi connectivity index (χ2n) is 4.57. The Hall–Kier alpha value is -2.58. The predicted molar refractivity (Wildman–Crippen MR) is 93.0 cm³/mol. The molecule has 1 aliphatic rings. The molecule has 3 rings (SSSR count). The summed E-state index contributed by atoms with van der Waals surface area (Å²) in [5, 5.41) is 10.7. The van der Waals surface area contributed by atoms with Crippen LogP contribution in [0.25, 0.3) is 6.08 Å². The van der Waals surface area contributed by atoms with Gasteiger partial charge in [-0.15, -0.1) is 0 Å². The Morgan fingerprint density at radius 2 is 1.83 bits per heavy atom. The van der Waals surface area contributed by atoms with Gasteiger partial charge in [-0.25, -0.2) is 0 Å². The van der Waals surface area contributed by atoms with Gasteiger partial charge in [-0.1, -0.05) is 24.0 Å². The van der Waals surface area contributed by atoms with Crippen molar-refractivity contribution in [1.29, 1.82) is 0 Å². The fourth-order valence-electron chi connectivity index (χ4n) is 2.02. The topological polar surface area (TPSA) is 76.3 Å². The number of rotatable bonds is 3. The Labute approximate surface area is 141 Å². The third kappa shape index (κ3) is 3.13. The van der Waals surface area contributed by atoms with E-state index in [9.17, 15) is 14.9 Å². The number of carbonyl (C=O) groups excluding carboxylic acids is 1. The Balaban J connectivity index is 1.90. The molecule has 0 spiro atoms. The van der Waals surface area contributed by atoms with Gasteiger partial charge >= 0.3 is 0 Å². The maximum absolute atomic E-state index is 12.5. The summed E-state index contributed by atoms with van der Waals surface area (Å²) < 4.78 is 0.393. The highest BCUT2D eigenvalue weighted by atomic mass is 32.2. The van der Waals surface area contributed by atoms with Crippen molar-refractivity contribution in [2.24, 2.45) is 0 Å². The molecule has 1 aromatic carbocycles. The summed E-state index contributed by atoms with van der Waals surface area (Å²) in [4.78, 5) is 28.5. The number of hydrogen-bond donors (Lipinski definition) is 0. The van der Waals surface area contributed by atoms with E-state index in [2.05, 4.69) is 4.98 Å². The molecule has 114 valence electrons. The van der Waals surface area contributed by atoms with Crippen LogP contribution in [-0.4, -0.2) is 20.1 Å². The Morgan fingerprint density at radius 3 is 2.43 bits per heavy atom. The van der Waals surface area contributed by atoms with Crippen LogP contribution in [0.4, 0.5) is 11.4 Å². The van der Waals surface area contributed by atoms with Gasteiger partial charge in [0.25, 0.3) is 11.6 Å². The molecule has 23 heavy (non-hydrogen) atoms. The summed E-state index contributed by atoms with van der Waals surface area (Å²) in [5.74, 6) is -0.245. The molecule has 1 fully saturated rings. The molecule has 1 saturated heterocycles. The van der Waals surface area contributed by atoms with Gasteiger partial charge in [0.15, 0.2) is 4.32 Å². The maximum atomic E-state index is 12.5. The number of thiocarbonyl (C=S) groups is 1. The van der Waals surface area contributed by atoms with E-state index in [4.69, 9.17) is 12.2 Å². The fraction of sp³-hybridized carbons (Fsp3) is 0. The van der Waals surface area contributed by atoms with Crippen LogP contribution in [0.1, 0.15) is 5.56 Å². The van der Waals surface area contributed by atoms with Gasteiger partial charge in [-0.2, -0.15) is 0 Å². The first-order valence-electron chi connectivity index (χ1n) is 6.49. The van der Waals surface area contributed by atoms with E-state index in [0.717, 1.165) is 5.56 Å². The maximum Gasteiger partial charge on any atom is 0.270 e. The lowest BCUT2D eigenvalue weighted by Crippen LogP contribution is -2.27. The summed E-state index contributed by atoms with van der Waals surface area (Å²) in [6, 6.07) is 9.30. The molecule has 1 aliphatic heterocycles. The fourth-order valence-corrected chi connectivity index (χ4v) is 3.32. The van der Waals surface area contributed by atoms with E-state index in [0.29, 0.717) is 14.9 Å². The van der Waals surface area contributed by atoms with E-state index >= 15 is 0 Å². The monoisotopic (exact) mass is 343 g/mol. The van der Waals surface area contributed by atoms with Crippen LogP contribution in [-0.2, 0) is 4.79 Å². The highest BCUT2D eigenvalue weighted by molar-refractivity contribution is 8.27. The molecule has 0 aliphatic carbocycles. The summed E-state index contributed by atoms with van der Waals surface area (Å²) in [6.07, 6.45) is 5.03. The molecule has 0 unspecified atom stereocenters. The number of thioether (sulfide) groups is 1. The first-order chi connectivity index (χ1) is 11.1. The van der Waals surface area contributed by atoms with Crippen LogP contribution < -0.4 is 4.90 Å². The zero-order chi connectivity index (χ0) is 16.4. The molecule has 0 N–H and O–H groups in total. The minimum Gasteiger partial charge on any atom is -0.268 e. The Morgan fingerprint density at radius 1 is 1.17 bits per heavy atom. The molecular weight excluding hydrogens is 334 g/mol. The van der Waals surface area contributed by atoms with Gasteiger partial charge in [0, 0.05) is 24.5 Å². The number of aromatic nitrogens is 1. The number of pyridine rings is 1. The van der Waals surface area contributed by atoms with Crippen LogP contribution in [0.15, 0.2) is 53.7 Å². The number of nitro groups is 1. The third-order valence-corrected chi connectivity index (χ3v) is 4.42. The molecule has 2 aromatic rings. The highest BCUT2D eigenvalue weighted by Crippen LogP contribution is 2.36. The first-order valence-corrected chi connectivity index (χ1v) is 7.71. The number of hydrogen-bond acceptors (Lipinski definition) is 6.